The van der Waals surface area contributed by atoms with Crippen molar-refractivity contribution in [2.24, 2.45) is 11.3 Å². The molecule has 18 heavy (non-hydrogen) atoms. The van der Waals surface area contributed by atoms with E-state index in [-0.39, 0.29) is 11.8 Å². The van der Waals surface area contributed by atoms with Gasteiger partial charge in [0.1, 0.15) is 5.41 Å². The molecule has 2 saturated carbocycles. The van der Waals surface area contributed by atoms with Gasteiger partial charge in [-0.3, -0.25) is 19.8 Å². The second-order valence-electron chi connectivity index (χ2n) is 5.74. The molecule has 1 spiro atoms. The summed E-state index contributed by atoms with van der Waals surface area (Å²) < 4.78 is 0. The lowest BCUT2D eigenvalue weighted by atomic mass is 9.66. The van der Waals surface area contributed by atoms with Crippen LogP contribution in [0.15, 0.2) is 0 Å². The second-order valence-corrected chi connectivity index (χ2v) is 5.74. The van der Waals surface area contributed by atoms with Crippen molar-refractivity contribution in [3.63, 3.8) is 0 Å². The normalized spacial score (nSPS) is 26.2. The minimum absolute atomic E-state index is 0.265. The monoisotopic (exact) mass is 250 g/mol. The molecule has 0 radical (unpaired) electrons. The molecule has 1 saturated heterocycles. The molecule has 1 aliphatic heterocycles. The molecule has 5 nitrogen and oxygen atoms in total. The van der Waals surface area contributed by atoms with Crippen LogP contribution in [-0.4, -0.2) is 29.3 Å². The van der Waals surface area contributed by atoms with E-state index in [1.807, 2.05) is 0 Å². The van der Waals surface area contributed by atoms with Gasteiger partial charge in [-0.1, -0.05) is 19.3 Å². The number of amides is 4. The number of nitrogens with zero attached hydrogens (tertiary/aromatic N) is 1. The summed E-state index contributed by atoms with van der Waals surface area (Å²) in [7, 11) is 0. The van der Waals surface area contributed by atoms with Gasteiger partial charge in [0.25, 0.3) is 0 Å². The molecule has 0 aromatic rings. The highest BCUT2D eigenvalue weighted by Crippen LogP contribution is 2.44. The van der Waals surface area contributed by atoms with Crippen molar-refractivity contribution in [3.05, 3.63) is 0 Å². The number of imide groups is 2. The van der Waals surface area contributed by atoms with Gasteiger partial charge < -0.3 is 0 Å². The Morgan fingerprint density at radius 2 is 1.94 bits per heavy atom. The standard InChI is InChI=1S/C13H18N2O3/c16-10-13(6-2-7-13)11(17)15(12(18)14-10)8-1-3-9-4-5-9/h9H,1-8H2,(H,14,16,18). The highest BCUT2D eigenvalue weighted by molar-refractivity contribution is 6.19. The zero-order chi connectivity index (χ0) is 12.8. The van der Waals surface area contributed by atoms with Crippen molar-refractivity contribution in [1.82, 2.24) is 10.2 Å². The SMILES string of the molecule is O=C1NC(=O)C2(CCC2)C(=O)N1CCCC1CC1. The largest absolute Gasteiger partial charge is 0.330 e. The van der Waals surface area contributed by atoms with E-state index >= 15 is 0 Å². The Morgan fingerprint density at radius 3 is 2.50 bits per heavy atom. The van der Waals surface area contributed by atoms with Crippen LogP contribution in [-0.2, 0) is 9.59 Å². The molecule has 0 unspecified atom stereocenters. The van der Waals surface area contributed by atoms with E-state index in [1.54, 1.807) is 0 Å². The van der Waals surface area contributed by atoms with E-state index in [0.29, 0.717) is 19.4 Å². The summed E-state index contributed by atoms with van der Waals surface area (Å²) in [6.07, 6.45) is 6.56. The molecule has 0 aromatic carbocycles. The predicted octanol–water partition coefficient (Wildman–Crippen LogP) is 1.43. The van der Waals surface area contributed by atoms with Gasteiger partial charge >= 0.3 is 6.03 Å². The van der Waals surface area contributed by atoms with Gasteiger partial charge in [0.15, 0.2) is 0 Å². The summed E-state index contributed by atoms with van der Waals surface area (Å²) in [6.45, 7) is 0.455. The number of hydrogen-bond donors (Lipinski definition) is 1. The highest BCUT2D eigenvalue weighted by atomic mass is 16.2. The van der Waals surface area contributed by atoms with Crippen LogP contribution in [0, 0.1) is 11.3 Å². The Bertz CT molecular complexity index is 410. The number of barbiturate groups is 1. The molecular weight excluding hydrogens is 232 g/mol. The maximum atomic E-state index is 12.3. The maximum absolute atomic E-state index is 12.3. The van der Waals surface area contributed by atoms with Crippen LogP contribution < -0.4 is 5.32 Å². The van der Waals surface area contributed by atoms with Crippen molar-refractivity contribution in [2.45, 2.75) is 44.9 Å². The fourth-order valence-electron chi connectivity index (χ4n) is 2.85. The van der Waals surface area contributed by atoms with Gasteiger partial charge in [-0.25, -0.2) is 4.79 Å². The summed E-state index contributed by atoms with van der Waals surface area (Å²) in [6, 6.07) is -0.529. The van der Waals surface area contributed by atoms with Gasteiger partial charge in [-0.2, -0.15) is 0 Å². The van der Waals surface area contributed by atoms with Gasteiger partial charge in [0.05, 0.1) is 0 Å². The van der Waals surface area contributed by atoms with Crippen molar-refractivity contribution in [2.75, 3.05) is 6.54 Å². The van der Waals surface area contributed by atoms with Gasteiger partial charge in [0, 0.05) is 6.54 Å². The lowest BCUT2D eigenvalue weighted by molar-refractivity contribution is -0.157. The molecule has 0 aromatic heterocycles. The van der Waals surface area contributed by atoms with E-state index in [2.05, 4.69) is 5.32 Å². The zero-order valence-corrected chi connectivity index (χ0v) is 10.4. The maximum Gasteiger partial charge on any atom is 0.330 e. The van der Waals surface area contributed by atoms with Gasteiger partial charge in [-0.05, 0) is 31.6 Å². The Balaban J connectivity index is 1.65. The van der Waals surface area contributed by atoms with Crippen LogP contribution in [0.3, 0.4) is 0 Å². The number of carbonyl (C=O) groups excluding carboxylic acids is 3. The van der Waals surface area contributed by atoms with Crippen molar-refractivity contribution in [1.29, 1.82) is 0 Å². The third-order valence-corrected chi connectivity index (χ3v) is 4.45. The quantitative estimate of drug-likeness (QED) is 0.767. The average Bonchev–Trinajstić information content (AvgIpc) is 3.04. The number of hydrogen-bond acceptors (Lipinski definition) is 3. The highest BCUT2D eigenvalue weighted by Gasteiger charge is 2.57. The molecule has 0 atom stereocenters. The van der Waals surface area contributed by atoms with E-state index < -0.39 is 11.4 Å². The summed E-state index contributed by atoms with van der Waals surface area (Å²) in [4.78, 5) is 37.0. The summed E-state index contributed by atoms with van der Waals surface area (Å²) >= 11 is 0. The fraction of sp³-hybridized carbons (Fsp3) is 0.769. The Morgan fingerprint density at radius 1 is 1.22 bits per heavy atom. The van der Waals surface area contributed by atoms with Crippen LogP contribution >= 0.6 is 0 Å². The van der Waals surface area contributed by atoms with E-state index in [0.717, 1.165) is 25.2 Å². The van der Waals surface area contributed by atoms with Crippen molar-refractivity contribution in [3.8, 4) is 0 Å². The zero-order valence-electron chi connectivity index (χ0n) is 10.4. The number of rotatable bonds is 4. The number of carbonyl (C=O) groups is 3. The third kappa shape index (κ3) is 1.72. The van der Waals surface area contributed by atoms with E-state index in [9.17, 15) is 14.4 Å². The Kier molecular flexibility index (Phi) is 2.64. The first-order valence-electron chi connectivity index (χ1n) is 6.81. The summed E-state index contributed by atoms with van der Waals surface area (Å²) in [5, 5.41) is 2.33. The van der Waals surface area contributed by atoms with Gasteiger partial charge in [-0.15, -0.1) is 0 Å². The summed E-state index contributed by atoms with van der Waals surface area (Å²) in [5.74, 6) is 0.146. The van der Waals surface area contributed by atoms with Gasteiger partial charge in [0.2, 0.25) is 11.8 Å². The van der Waals surface area contributed by atoms with Crippen LogP contribution in [0.2, 0.25) is 0 Å². The minimum Gasteiger partial charge on any atom is -0.277 e. The first kappa shape index (κ1) is 11.7. The third-order valence-electron chi connectivity index (χ3n) is 4.45. The van der Waals surface area contributed by atoms with Crippen LogP contribution in [0.5, 0.6) is 0 Å². The Hall–Kier alpha value is -1.39. The molecule has 3 rings (SSSR count). The molecule has 2 aliphatic carbocycles. The Labute approximate surface area is 106 Å². The van der Waals surface area contributed by atoms with E-state index in [1.165, 1.54) is 17.7 Å². The smallest absolute Gasteiger partial charge is 0.277 e. The minimum atomic E-state index is -0.909. The molecule has 0 bridgehead atoms. The molecule has 3 aliphatic rings. The first-order chi connectivity index (χ1) is 8.63. The van der Waals surface area contributed by atoms with Crippen molar-refractivity contribution >= 4 is 17.8 Å². The topological polar surface area (TPSA) is 66.5 Å². The molecule has 4 amide bonds. The fourth-order valence-corrected chi connectivity index (χ4v) is 2.85. The predicted molar refractivity (Wildman–Crippen MR) is 63.5 cm³/mol. The average molecular weight is 250 g/mol. The van der Waals surface area contributed by atoms with Crippen LogP contribution in [0.4, 0.5) is 4.79 Å². The molecule has 98 valence electrons. The van der Waals surface area contributed by atoms with Crippen LogP contribution in [0.25, 0.3) is 0 Å². The molecule has 3 fully saturated rings. The number of nitrogens with one attached hydrogen (secondary N) is 1. The lowest BCUT2D eigenvalue weighted by Gasteiger charge is -2.44. The van der Waals surface area contributed by atoms with Crippen molar-refractivity contribution < 1.29 is 14.4 Å². The molecular formula is C13H18N2O3. The number of urea groups is 1. The van der Waals surface area contributed by atoms with E-state index in [4.69, 9.17) is 0 Å². The lowest BCUT2D eigenvalue weighted by Crippen LogP contribution is -2.66. The molecule has 1 heterocycles. The summed E-state index contributed by atoms with van der Waals surface area (Å²) in [5.41, 5.74) is -0.909. The molecule has 5 heteroatoms. The molecule has 1 N–H and O–H groups in total. The first-order valence-corrected chi connectivity index (χ1v) is 6.81. The second kappa shape index (κ2) is 4.07. The van der Waals surface area contributed by atoms with Crippen LogP contribution in [0.1, 0.15) is 44.9 Å².